The smallest absolute Gasteiger partial charge is 0.222 e. The molecule has 0 aromatic heterocycles. The van der Waals surface area contributed by atoms with E-state index in [0.717, 1.165) is 0 Å². The summed E-state index contributed by atoms with van der Waals surface area (Å²) in [4.78, 5) is 13.6. The van der Waals surface area contributed by atoms with Gasteiger partial charge in [-0.2, -0.15) is 0 Å². The number of carbonyl (C=O) groups excluding carboxylic acids is 1. The fraction of sp³-hybridized carbons (Fsp3) is 0.300. The summed E-state index contributed by atoms with van der Waals surface area (Å²) < 4.78 is 13.6. The van der Waals surface area contributed by atoms with Crippen molar-refractivity contribution in [3.05, 3.63) is 45.0 Å². The van der Waals surface area contributed by atoms with Gasteiger partial charge in [-0.25, -0.2) is 4.39 Å². The van der Waals surface area contributed by atoms with Crippen LogP contribution in [0.3, 0.4) is 0 Å². The van der Waals surface area contributed by atoms with Gasteiger partial charge in [0.25, 0.3) is 0 Å². The largest absolute Gasteiger partial charge is 0.292 e. The van der Waals surface area contributed by atoms with Crippen LogP contribution in [0.2, 0.25) is 5.02 Å². The predicted octanol–water partition coefficient (Wildman–Crippen LogP) is 3.42. The lowest BCUT2D eigenvalue weighted by Crippen LogP contribution is -1.98. The molecule has 1 aromatic carbocycles. The molecule has 0 saturated heterocycles. The summed E-state index contributed by atoms with van der Waals surface area (Å²) in [5, 5.41) is 3.04. The van der Waals surface area contributed by atoms with Crippen molar-refractivity contribution in [2.75, 3.05) is 0 Å². The molecule has 1 aromatic rings. The number of carbonyl (C=O) groups is 1. The second-order valence-electron chi connectivity index (χ2n) is 3.62. The van der Waals surface area contributed by atoms with Gasteiger partial charge < -0.3 is 0 Å². The average Bonchev–Trinajstić information content (AvgIpc) is 3.02. The second-order valence-corrected chi connectivity index (χ2v) is 4.03. The lowest BCUT2D eigenvalue weighted by Gasteiger charge is -2.02. The van der Waals surface area contributed by atoms with Crippen molar-refractivity contribution < 1.29 is 9.18 Å². The summed E-state index contributed by atoms with van der Waals surface area (Å²) in [5.74, 6) is -1.64. The summed E-state index contributed by atoms with van der Waals surface area (Å²) in [6, 6.07) is 4.68. The Morgan fingerprint density at radius 2 is 2.38 bits per heavy atom. The summed E-state index contributed by atoms with van der Waals surface area (Å²) >= 11 is 5.63. The number of rotatable bonds is 2. The average molecular weight is 240 g/mol. The molecule has 0 spiro atoms. The zero-order chi connectivity index (χ0) is 11.7. The van der Waals surface area contributed by atoms with Crippen LogP contribution < -0.4 is 0 Å². The molecule has 1 fully saturated rings. The highest BCUT2D eigenvalue weighted by Gasteiger charge is 2.44. The highest BCUT2D eigenvalue weighted by Crippen LogP contribution is 2.49. The minimum atomic E-state index is -0.535. The number of hydrogen-bond donors (Lipinski definition) is 0. The SMILES string of the molecule is [N-]=[N+]=NC(=O)[C@@H]1C[C@H]1c1cccc(Cl)c1F. The highest BCUT2D eigenvalue weighted by atomic mass is 35.5. The molecule has 0 aliphatic heterocycles. The Bertz CT molecular complexity index is 499. The van der Waals surface area contributed by atoms with Gasteiger partial charge in [0, 0.05) is 10.8 Å². The maximum absolute atomic E-state index is 13.6. The molecular weight excluding hydrogens is 233 g/mol. The molecule has 6 heteroatoms. The Balaban J connectivity index is 2.20. The van der Waals surface area contributed by atoms with Crippen molar-refractivity contribution in [2.45, 2.75) is 12.3 Å². The van der Waals surface area contributed by atoms with E-state index in [-0.39, 0.29) is 10.9 Å². The molecular formula is C10H7ClFN3O. The van der Waals surface area contributed by atoms with E-state index >= 15 is 0 Å². The van der Waals surface area contributed by atoms with Crippen LogP contribution in [0.5, 0.6) is 0 Å². The van der Waals surface area contributed by atoms with Crippen LogP contribution in [0.25, 0.3) is 10.4 Å². The third kappa shape index (κ3) is 1.87. The lowest BCUT2D eigenvalue weighted by atomic mass is 10.1. The van der Waals surface area contributed by atoms with Crippen LogP contribution in [-0.4, -0.2) is 5.91 Å². The molecule has 1 saturated carbocycles. The van der Waals surface area contributed by atoms with Crippen molar-refractivity contribution in [3.63, 3.8) is 0 Å². The predicted molar refractivity (Wildman–Crippen MR) is 56.4 cm³/mol. The molecule has 2 atom stereocenters. The van der Waals surface area contributed by atoms with Gasteiger partial charge in [-0.1, -0.05) is 23.7 Å². The van der Waals surface area contributed by atoms with Gasteiger partial charge in [-0.15, -0.1) is 0 Å². The van der Waals surface area contributed by atoms with Gasteiger partial charge in [0.2, 0.25) is 5.91 Å². The van der Waals surface area contributed by atoms with Crippen molar-refractivity contribution in [3.8, 4) is 0 Å². The molecule has 0 radical (unpaired) electrons. The third-order valence-electron chi connectivity index (χ3n) is 2.63. The number of amides is 1. The fourth-order valence-electron chi connectivity index (χ4n) is 1.74. The van der Waals surface area contributed by atoms with Crippen LogP contribution in [0.1, 0.15) is 17.9 Å². The molecule has 0 bridgehead atoms. The molecule has 0 heterocycles. The summed E-state index contributed by atoms with van der Waals surface area (Å²) in [6.07, 6.45) is 0.509. The van der Waals surface area contributed by atoms with E-state index in [1.165, 1.54) is 6.07 Å². The summed E-state index contributed by atoms with van der Waals surface area (Å²) in [7, 11) is 0. The van der Waals surface area contributed by atoms with Crippen molar-refractivity contribution in [1.82, 2.24) is 0 Å². The molecule has 0 unspecified atom stereocenters. The first-order valence-electron chi connectivity index (χ1n) is 4.68. The van der Waals surface area contributed by atoms with E-state index in [1.54, 1.807) is 12.1 Å². The summed E-state index contributed by atoms with van der Waals surface area (Å²) in [6.45, 7) is 0. The maximum atomic E-state index is 13.6. The topological polar surface area (TPSA) is 65.8 Å². The van der Waals surface area contributed by atoms with Crippen LogP contribution in [0.4, 0.5) is 4.39 Å². The monoisotopic (exact) mass is 239 g/mol. The maximum Gasteiger partial charge on any atom is 0.222 e. The quantitative estimate of drug-likeness (QED) is 0.443. The van der Waals surface area contributed by atoms with E-state index < -0.39 is 17.6 Å². The van der Waals surface area contributed by atoms with Crippen molar-refractivity contribution >= 4 is 17.5 Å². The van der Waals surface area contributed by atoms with Gasteiger partial charge in [-0.05, 0) is 34.6 Å². The van der Waals surface area contributed by atoms with Gasteiger partial charge in [0.05, 0.1) is 5.02 Å². The fourth-order valence-corrected chi connectivity index (χ4v) is 1.92. The van der Waals surface area contributed by atoms with Crippen molar-refractivity contribution in [2.24, 2.45) is 11.0 Å². The molecule has 4 nitrogen and oxygen atoms in total. The number of azide groups is 1. The van der Waals surface area contributed by atoms with Gasteiger partial charge in [0.1, 0.15) is 5.82 Å². The van der Waals surface area contributed by atoms with Gasteiger partial charge >= 0.3 is 0 Å². The number of halogens is 2. The number of hydrogen-bond acceptors (Lipinski definition) is 1. The van der Waals surface area contributed by atoms with E-state index in [9.17, 15) is 9.18 Å². The van der Waals surface area contributed by atoms with Crippen LogP contribution >= 0.6 is 11.6 Å². The standard InChI is InChI=1S/C10H7ClFN3O/c11-8-3-1-2-5(9(8)12)6-4-7(6)10(16)14-15-13/h1-3,6-7H,4H2/t6-,7+/m0/s1. The first-order valence-corrected chi connectivity index (χ1v) is 5.05. The molecule has 1 amide bonds. The zero-order valence-electron chi connectivity index (χ0n) is 8.10. The Hall–Kier alpha value is -1.58. The molecule has 1 aliphatic carbocycles. The highest BCUT2D eigenvalue weighted by molar-refractivity contribution is 6.30. The number of benzene rings is 1. The molecule has 1 aliphatic rings. The molecule has 0 N–H and O–H groups in total. The summed E-state index contributed by atoms with van der Waals surface area (Å²) in [5.41, 5.74) is 8.53. The third-order valence-corrected chi connectivity index (χ3v) is 2.92. The first-order chi connectivity index (χ1) is 7.65. The van der Waals surface area contributed by atoms with E-state index in [2.05, 4.69) is 10.0 Å². The zero-order valence-corrected chi connectivity index (χ0v) is 8.86. The van der Waals surface area contributed by atoms with Crippen molar-refractivity contribution in [1.29, 1.82) is 0 Å². The van der Waals surface area contributed by atoms with E-state index in [0.29, 0.717) is 12.0 Å². The molecule has 82 valence electrons. The number of nitrogens with zero attached hydrogens (tertiary/aromatic N) is 3. The van der Waals surface area contributed by atoms with E-state index in [4.69, 9.17) is 17.1 Å². The first kappa shape index (κ1) is 10.9. The minimum absolute atomic E-state index is 0.0411. The molecule has 2 rings (SSSR count). The van der Waals surface area contributed by atoms with Gasteiger partial charge in [0.15, 0.2) is 0 Å². The van der Waals surface area contributed by atoms with Crippen LogP contribution in [-0.2, 0) is 4.79 Å². The second kappa shape index (κ2) is 4.12. The van der Waals surface area contributed by atoms with Gasteiger partial charge in [-0.3, -0.25) is 4.79 Å². The van der Waals surface area contributed by atoms with Crippen LogP contribution in [0.15, 0.2) is 23.3 Å². The normalized spacial score (nSPS) is 22.4. The van der Waals surface area contributed by atoms with Crippen LogP contribution in [0, 0.1) is 11.7 Å². The van der Waals surface area contributed by atoms with E-state index in [1.807, 2.05) is 0 Å². The Morgan fingerprint density at radius 1 is 1.62 bits per heavy atom. The minimum Gasteiger partial charge on any atom is -0.292 e. The Morgan fingerprint density at radius 3 is 3.06 bits per heavy atom. The molecule has 16 heavy (non-hydrogen) atoms. The Labute approximate surface area is 95.6 Å². The lowest BCUT2D eigenvalue weighted by molar-refractivity contribution is -0.119. The Kier molecular flexibility index (Phi) is 2.81.